The lowest BCUT2D eigenvalue weighted by molar-refractivity contribution is 0.602. The average molecular weight is 516 g/mol. The van der Waals surface area contributed by atoms with E-state index in [0.717, 1.165) is 6.54 Å². The van der Waals surface area contributed by atoms with Gasteiger partial charge >= 0.3 is 0 Å². The Bertz CT molecular complexity index is 1720. The van der Waals surface area contributed by atoms with E-state index in [9.17, 15) is 0 Å². The van der Waals surface area contributed by atoms with Crippen LogP contribution in [0.2, 0.25) is 0 Å². The number of unbranched alkanes of at least 4 members (excludes halogenated alkanes) is 3. The van der Waals surface area contributed by atoms with Crippen molar-refractivity contribution < 1.29 is 0 Å². The molecular formula is C34H29NS2. The summed E-state index contributed by atoms with van der Waals surface area (Å²) in [5, 5.41) is 12.6. The average Bonchev–Trinajstić information content (AvgIpc) is 3.71. The van der Waals surface area contributed by atoms with Crippen molar-refractivity contribution >= 4 is 66.0 Å². The molecule has 0 aliphatic heterocycles. The molecule has 0 N–H and O–H groups in total. The predicted molar refractivity (Wildman–Crippen MR) is 165 cm³/mol. The summed E-state index contributed by atoms with van der Waals surface area (Å²) in [6, 6.07) is 31.8. The molecule has 182 valence electrons. The second-order valence-corrected chi connectivity index (χ2v) is 11.8. The van der Waals surface area contributed by atoms with Crippen molar-refractivity contribution in [2.45, 2.75) is 39.2 Å². The fourth-order valence-electron chi connectivity index (χ4n) is 6.01. The third-order valence-electron chi connectivity index (χ3n) is 7.69. The van der Waals surface area contributed by atoms with Crippen LogP contribution in [0.25, 0.3) is 64.2 Å². The maximum Gasteiger partial charge on any atom is 0.0504 e. The zero-order chi connectivity index (χ0) is 24.8. The summed E-state index contributed by atoms with van der Waals surface area (Å²) < 4.78 is 2.63. The van der Waals surface area contributed by atoms with Crippen molar-refractivity contribution in [1.29, 1.82) is 0 Å². The van der Waals surface area contributed by atoms with E-state index in [1.165, 1.54) is 89.9 Å². The molecule has 3 heteroatoms. The van der Waals surface area contributed by atoms with Crippen molar-refractivity contribution in [3.8, 4) is 20.9 Å². The summed E-state index contributed by atoms with van der Waals surface area (Å²) in [4.78, 5) is 2.68. The predicted octanol–water partition coefficient (Wildman–Crippen LogP) is 11.1. The van der Waals surface area contributed by atoms with Gasteiger partial charge in [0.2, 0.25) is 0 Å². The molecule has 0 atom stereocenters. The van der Waals surface area contributed by atoms with Crippen LogP contribution in [0.3, 0.4) is 0 Å². The van der Waals surface area contributed by atoms with Crippen molar-refractivity contribution in [3.63, 3.8) is 0 Å². The Morgan fingerprint density at radius 3 is 1.54 bits per heavy atom. The molecule has 0 saturated heterocycles. The van der Waals surface area contributed by atoms with E-state index in [4.69, 9.17) is 0 Å². The van der Waals surface area contributed by atoms with Crippen molar-refractivity contribution in [3.05, 3.63) is 95.7 Å². The zero-order valence-corrected chi connectivity index (χ0v) is 22.7. The number of nitrogens with zero attached hydrogens (tertiary/aromatic N) is 1. The van der Waals surface area contributed by atoms with E-state index < -0.39 is 0 Å². The molecule has 3 heterocycles. The van der Waals surface area contributed by atoms with Gasteiger partial charge in [0.1, 0.15) is 0 Å². The van der Waals surface area contributed by atoms with Crippen LogP contribution in [0.4, 0.5) is 0 Å². The van der Waals surface area contributed by atoms with E-state index in [0.29, 0.717) is 0 Å². The molecule has 7 aromatic rings. The normalized spacial score (nSPS) is 11.9. The molecule has 0 unspecified atom stereocenters. The summed E-state index contributed by atoms with van der Waals surface area (Å²) >= 11 is 3.66. The van der Waals surface area contributed by atoms with Gasteiger partial charge in [-0.05, 0) is 63.0 Å². The number of thiophene rings is 2. The van der Waals surface area contributed by atoms with Crippen molar-refractivity contribution in [2.75, 3.05) is 0 Å². The molecule has 0 amide bonds. The molecule has 0 spiro atoms. The largest absolute Gasteiger partial charge is 0.340 e. The van der Waals surface area contributed by atoms with E-state index in [2.05, 4.69) is 107 Å². The molecule has 0 aliphatic carbocycles. The highest BCUT2D eigenvalue weighted by molar-refractivity contribution is 7.14. The van der Waals surface area contributed by atoms with E-state index in [1.807, 2.05) is 22.7 Å². The first-order valence-corrected chi connectivity index (χ1v) is 15.1. The van der Waals surface area contributed by atoms with Gasteiger partial charge in [-0.1, -0.05) is 86.8 Å². The van der Waals surface area contributed by atoms with Crippen LogP contribution in [0, 0.1) is 0 Å². The monoisotopic (exact) mass is 515 g/mol. The molecule has 0 aliphatic rings. The fourth-order valence-corrected chi connectivity index (χ4v) is 7.52. The number of aromatic nitrogens is 1. The smallest absolute Gasteiger partial charge is 0.0504 e. The second kappa shape index (κ2) is 9.48. The van der Waals surface area contributed by atoms with Crippen molar-refractivity contribution in [2.24, 2.45) is 0 Å². The first kappa shape index (κ1) is 22.8. The Labute approximate surface area is 225 Å². The minimum atomic E-state index is 1.05. The summed E-state index contributed by atoms with van der Waals surface area (Å²) in [6.45, 7) is 3.34. The minimum Gasteiger partial charge on any atom is -0.340 e. The van der Waals surface area contributed by atoms with Crippen LogP contribution >= 0.6 is 22.7 Å². The Balaban J connectivity index is 1.65. The molecule has 0 fully saturated rings. The van der Waals surface area contributed by atoms with Crippen LogP contribution in [0.5, 0.6) is 0 Å². The fraction of sp³-hybridized carbons (Fsp3) is 0.176. The van der Waals surface area contributed by atoms with E-state index >= 15 is 0 Å². The Hall–Kier alpha value is -3.40. The molecule has 4 aromatic carbocycles. The summed E-state index contributed by atoms with van der Waals surface area (Å²) in [5.41, 5.74) is 5.42. The maximum atomic E-state index is 2.63. The zero-order valence-electron chi connectivity index (χ0n) is 21.0. The third-order valence-corrected chi connectivity index (χ3v) is 9.49. The first-order valence-electron chi connectivity index (χ1n) is 13.3. The highest BCUT2D eigenvalue weighted by Gasteiger charge is 2.20. The van der Waals surface area contributed by atoms with Crippen molar-refractivity contribution in [1.82, 2.24) is 4.57 Å². The van der Waals surface area contributed by atoms with Crippen LogP contribution in [0.15, 0.2) is 95.7 Å². The summed E-state index contributed by atoms with van der Waals surface area (Å²) in [5.74, 6) is 0. The van der Waals surface area contributed by atoms with Gasteiger partial charge in [-0.2, -0.15) is 0 Å². The molecule has 0 saturated carbocycles. The number of fused-ring (bicyclic) bond motifs is 7. The quantitative estimate of drug-likeness (QED) is 0.186. The standard InChI is InChI=1S/C34H29NS2/c1-2-3-4-9-18-35-29-21-27(31-16-10-19-36-31)23-12-5-7-14-25(23)33(29)34-26-15-8-6-13-24(26)28(22-30(34)35)32-17-11-20-37-32/h5-8,10-17,19-22H,2-4,9,18H2,1H3. The Morgan fingerprint density at radius 2 is 1.08 bits per heavy atom. The van der Waals surface area contributed by atoms with Crippen LogP contribution < -0.4 is 0 Å². The summed E-state index contributed by atoms with van der Waals surface area (Å²) in [6.07, 6.45) is 5.03. The topological polar surface area (TPSA) is 4.93 Å². The second-order valence-electron chi connectivity index (χ2n) is 9.89. The Morgan fingerprint density at radius 1 is 0.568 bits per heavy atom. The molecule has 1 nitrogen and oxygen atoms in total. The van der Waals surface area contributed by atoms with Gasteiger partial charge in [-0.25, -0.2) is 0 Å². The first-order chi connectivity index (χ1) is 18.3. The molecule has 7 rings (SSSR count). The number of hydrogen-bond donors (Lipinski definition) is 0. The molecule has 0 bridgehead atoms. The lowest BCUT2D eigenvalue weighted by Gasteiger charge is -2.11. The van der Waals surface area contributed by atoms with Gasteiger partial charge in [0.25, 0.3) is 0 Å². The molecule has 0 radical (unpaired) electrons. The van der Waals surface area contributed by atoms with Crippen LogP contribution in [-0.4, -0.2) is 4.57 Å². The minimum absolute atomic E-state index is 1.05. The van der Waals surface area contributed by atoms with Gasteiger partial charge in [0, 0.05) is 38.2 Å². The molecule has 3 aromatic heterocycles. The highest BCUT2D eigenvalue weighted by atomic mass is 32.1. The lowest BCUT2D eigenvalue weighted by atomic mass is 9.94. The van der Waals surface area contributed by atoms with Gasteiger partial charge in [-0.15, -0.1) is 22.7 Å². The van der Waals surface area contributed by atoms with E-state index in [-0.39, 0.29) is 0 Å². The van der Waals surface area contributed by atoms with Crippen LogP contribution in [0.1, 0.15) is 32.6 Å². The molecule has 37 heavy (non-hydrogen) atoms. The number of rotatable bonds is 7. The maximum absolute atomic E-state index is 2.63. The summed E-state index contributed by atoms with van der Waals surface area (Å²) in [7, 11) is 0. The Kier molecular flexibility index (Phi) is 5.83. The number of benzene rings is 4. The third kappa shape index (κ3) is 3.72. The number of aryl methyl sites for hydroxylation is 1. The molecular weight excluding hydrogens is 487 g/mol. The van der Waals surface area contributed by atoms with Gasteiger partial charge < -0.3 is 4.57 Å². The SMILES string of the molecule is CCCCCCn1c2cc(-c3cccs3)c3ccccc3c2c2c3ccccc3c(-c3cccs3)cc21. The van der Waals surface area contributed by atoms with Gasteiger partial charge in [0.15, 0.2) is 0 Å². The van der Waals surface area contributed by atoms with Gasteiger partial charge in [-0.3, -0.25) is 0 Å². The van der Waals surface area contributed by atoms with Gasteiger partial charge in [0.05, 0.1) is 11.0 Å². The number of hydrogen-bond acceptors (Lipinski definition) is 2. The van der Waals surface area contributed by atoms with Crippen LogP contribution in [-0.2, 0) is 6.54 Å². The van der Waals surface area contributed by atoms with E-state index in [1.54, 1.807) is 0 Å². The lowest BCUT2D eigenvalue weighted by Crippen LogP contribution is -1.98. The highest BCUT2D eigenvalue weighted by Crippen LogP contribution is 2.46.